The Hall–Kier alpha value is -2.25. The van der Waals surface area contributed by atoms with Crippen molar-refractivity contribution in [2.75, 3.05) is 46.7 Å². The first-order chi connectivity index (χ1) is 18.8. The minimum absolute atomic E-state index is 0.0158. The number of amides is 1. The Bertz CT molecular complexity index is 899. The van der Waals surface area contributed by atoms with Crippen molar-refractivity contribution in [2.45, 2.75) is 78.2 Å². The number of ether oxygens (including phenoxy) is 3. The van der Waals surface area contributed by atoms with Crippen molar-refractivity contribution in [2.24, 2.45) is 23.2 Å². The van der Waals surface area contributed by atoms with E-state index in [1.165, 1.54) is 0 Å². The number of aliphatic hydroxyl groups is 1. The van der Waals surface area contributed by atoms with E-state index in [1.807, 2.05) is 4.90 Å². The van der Waals surface area contributed by atoms with E-state index in [0.29, 0.717) is 13.1 Å². The fourth-order valence-electron chi connectivity index (χ4n) is 6.63. The molecule has 0 spiro atoms. The number of nitrogens with zero attached hydrogens (tertiary/aromatic N) is 2. The Kier molecular flexibility index (Phi) is 12.0. The average molecular weight is 545 g/mol. The highest BCUT2D eigenvalue weighted by molar-refractivity contribution is 5.78. The summed E-state index contributed by atoms with van der Waals surface area (Å²) >= 11 is 0. The van der Waals surface area contributed by atoms with Gasteiger partial charge in [-0.2, -0.15) is 0 Å². The molecule has 3 aliphatic rings. The monoisotopic (exact) mass is 544 g/mol. The van der Waals surface area contributed by atoms with Crippen molar-refractivity contribution >= 4 is 5.91 Å². The van der Waals surface area contributed by atoms with Crippen LogP contribution in [-0.2, 0) is 19.0 Å². The van der Waals surface area contributed by atoms with Crippen molar-refractivity contribution in [3.05, 3.63) is 48.7 Å². The number of unbranched alkanes of at least 4 members (excludes halogenated alkanes) is 2. The second-order valence-electron chi connectivity index (χ2n) is 11.7. The molecule has 1 N–H and O–H groups in total. The average Bonchev–Trinajstić information content (AvgIpc) is 3.54. The Morgan fingerprint density at radius 3 is 2.64 bits per heavy atom. The topological polar surface area (TPSA) is 71.5 Å². The number of allylic oxidation sites excluding steroid dienone is 3. The van der Waals surface area contributed by atoms with Gasteiger partial charge in [0.1, 0.15) is 5.76 Å². The molecule has 1 unspecified atom stereocenters. The quantitative estimate of drug-likeness (QED) is 0.189. The first kappa shape index (κ1) is 31.3. The Balaban J connectivity index is 1.88. The Labute approximate surface area is 236 Å². The van der Waals surface area contributed by atoms with E-state index in [9.17, 15) is 9.90 Å². The fraction of sp³-hybridized carbons (Fsp3) is 0.719. The van der Waals surface area contributed by atoms with Crippen molar-refractivity contribution < 1.29 is 24.1 Å². The molecule has 2 aliphatic heterocycles. The highest BCUT2D eigenvalue weighted by atomic mass is 16.7. The number of aliphatic hydroxyl groups excluding tert-OH is 1. The standard InChI is InChI=1S/C32H52N2O5/c1-7-11-15-33(16-12-13-17-35)30(36)22-34-21-26(24-18-28(37-6)31-29(19-24)38-23-39-31)25(9-3)27(34)20-32(5,10-4)14-8-2/h9-10,19,24-27,35H,3-4,7-8,11-18,20-23H2,1-2,5-6H3/t24?,25-,26-,27+,32+/m1/s1. The summed E-state index contributed by atoms with van der Waals surface area (Å²) in [4.78, 5) is 18.2. The van der Waals surface area contributed by atoms with Gasteiger partial charge in [0, 0.05) is 38.7 Å². The molecule has 39 heavy (non-hydrogen) atoms. The maximum atomic E-state index is 13.7. The Morgan fingerprint density at radius 2 is 2.00 bits per heavy atom. The molecule has 0 bridgehead atoms. The van der Waals surface area contributed by atoms with Gasteiger partial charge >= 0.3 is 0 Å². The Morgan fingerprint density at radius 1 is 1.23 bits per heavy atom. The van der Waals surface area contributed by atoms with E-state index >= 15 is 0 Å². The molecule has 2 saturated heterocycles. The van der Waals surface area contributed by atoms with E-state index in [0.717, 1.165) is 81.7 Å². The molecule has 0 saturated carbocycles. The molecular formula is C32H52N2O5. The molecule has 1 amide bonds. The number of hydrogen-bond acceptors (Lipinski definition) is 6. The second kappa shape index (κ2) is 14.9. The summed E-state index contributed by atoms with van der Waals surface area (Å²) in [5.74, 6) is 3.21. The lowest BCUT2D eigenvalue weighted by Gasteiger charge is -2.36. The molecule has 7 nitrogen and oxygen atoms in total. The van der Waals surface area contributed by atoms with Crippen LogP contribution in [0.2, 0.25) is 0 Å². The predicted molar refractivity (Wildman–Crippen MR) is 155 cm³/mol. The first-order valence-corrected chi connectivity index (χ1v) is 15.0. The minimum Gasteiger partial charge on any atom is -0.497 e. The van der Waals surface area contributed by atoms with E-state index in [2.05, 4.69) is 57.1 Å². The zero-order valence-corrected chi connectivity index (χ0v) is 24.8. The van der Waals surface area contributed by atoms with E-state index in [-0.39, 0.29) is 48.5 Å². The summed E-state index contributed by atoms with van der Waals surface area (Å²) in [5.41, 5.74) is -0.0158. The van der Waals surface area contributed by atoms with Crippen LogP contribution in [0.3, 0.4) is 0 Å². The van der Waals surface area contributed by atoms with E-state index < -0.39 is 0 Å². The summed E-state index contributed by atoms with van der Waals surface area (Å²) in [6, 6.07) is 0.187. The molecular weight excluding hydrogens is 492 g/mol. The third-order valence-electron chi connectivity index (χ3n) is 8.90. The summed E-state index contributed by atoms with van der Waals surface area (Å²) in [7, 11) is 1.69. The number of hydrogen-bond donors (Lipinski definition) is 1. The molecule has 0 aromatic rings. The number of carbonyl (C=O) groups is 1. The number of methoxy groups -OCH3 is 1. The number of likely N-dealkylation sites (tertiary alicyclic amines) is 1. The van der Waals surface area contributed by atoms with E-state index in [4.69, 9.17) is 14.2 Å². The van der Waals surface area contributed by atoms with Crippen LogP contribution in [0, 0.1) is 23.2 Å². The van der Waals surface area contributed by atoms with Gasteiger partial charge in [0.2, 0.25) is 18.5 Å². The molecule has 2 fully saturated rings. The van der Waals surface area contributed by atoms with Crippen LogP contribution in [0.4, 0.5) is 0 Å². The van der Waals surface area contributed by atoms with Gasteiger partial charge in [0.15, 0.2) is 5.76 Å². The van der Waals surface area contributed by atoms with Gasteiger partial charge in [-0.05, 0) is 61.3 Å². The second-order valence-corrected chi connectivity index (χ2v) is 11.7. The summed E-state index contributed by atoms with van der Waals surface area (Å²) < 4.78 is 17.2. The van der Waals surface area contributed by atoms with Crippen LogP contribution >= 0.6 is 0 Å². The fourth-order valence-corrected chi connectivity index (χ4v) is 6.63. The molecule has 5 atom stereocenters. The molecule has 0 aromatic carbocycles. The lowest BCUT2D eigenvalue weighted by atomic mass is 9.72. The smallest absolute Gasteiger partial charge is 0.236 e. The lowest BCUT2D eigenvalue weighted by molar-refractivity contribution is -0.133. The molecule has 0 aromatic heterocycles. The first-order valence-electron chi connectivity index (χ1n) is 15.0. The largest absolute Gasteiger partial charge is 0.497 e. The molecule has 1 aliphatic carbocycles. The van der Waals surface area contributed by atoms with Gasteiger partial charge in [0.25, 0.3) is 0 Å². The highest BCUT2D eigenvalue weighted by Gasteiger charge is 2.47. The van der Waals surface area contributed by atoms with E-state index in [1.54, 1.807) is 7.11 Å². The maximum absolute atomic E-state index is 13.7. The van der Waals surface area contributed by atoms with Crippen LogP contribution < -0.4 is 0 Å². The van der Waals surface area contributed by atoms with Crippen LogP contribution in [0.15, 0.2) is 48.7 Å². The van der Waals surface area contributed by atoms with Crippen molar-refractivity contribution in [1.82, 2.24) is 9.80 Å². The zero-order valence-electron chi connectivity index (χ0n) is 24.8. The summed E-state index contributed by atoms with van der Waals surface area (Å²) in [6.07, 6.45) is 13.8. The third kappa shape index (κ3) is 7.69. The van der Waals surface area contributed by atoms with Gasteiger partial charge in [-0.3, -0.25) is 9.69 Å². The van der Waals surface area contributed by atoms with Gasteiger partial charge in [-0.15, -0.1) is 13.2 Å². The molecule has 7 heteroatoms. The summed E-state index contributed by atoms with van der Waals surface area (Å²) in [6.45, 7) is 18.2. The van der Waals surface area contributed by atoms with Gasteiger partial charge in [-0.25, -0.2) is 0 Å². The SMILES string of the molecule is C=C[C@@H]1[C@@H](C2C=C3OCOC3=C(OC)C2)CN(CC(=O)N(CCCC)CCCCO)[C@H]1C[C@@](C)(C=C)CCC. The number of rotatable bonds is 17. The molecule has 220 valence electrons. The zero-order chi connectivity index (χ0) is 28.4. The van der Waals surface area contributed by atoms with Crippen molar-refractivity contribution in [1.29, 1.82) is 0 Å². The third-order valence-corrected chi connectivity index (χ3v) is 8.90. The van der Waals surface area contributed by atoms with Crippen LogP contribution in [-0.4, -0.2) is 73.5 Å². The van der Waals surface area contributed by atoms with Crippen LogP contribution in [0.5, 0.6) is 0 Å². The van der Waals surface area contributed by atoms with Gasteiger partial charge < -0.3 is 24.2 Å². The minimum atomic E-state index is -0.0158. The van der Waals surface area contributed by atoms with Gasteiger partial charge in [-0.1, -0.05) is 45.8 Å². The lowest BCUT2D eigenvalue weighted by Crippen LogP contribution is -2.45. The number of carbonyl (C=O) groups excluding carboxylic acids is 1. The van der Waals surface area contributed by atoms with Crippen LogP contribution in [0.1, 0.15) is 72.1 Å². The molecule has 0 radical (unpaired) electrons. The van der Waals surface area contributed by atoms with Crippen molar-refractivity contribution in [3.63, 3.8) is 0 Å². The molecule has 3 rings (SSSR count). The maximum Gasteiger partial charge on any atom is 0.236 e. The summed E-state index contributed by atoms with van der Waals surface area (Å²) in [5, 5.41) is 9.27. The normalized spacial score (nSPS) is 26.2. The van der Waals surface area contributed by atoms with Crippen molar-refractivity contribution in [3.8, 4) is 0 Å². The predicted octanol–water partition coefficient (Wildman–Crippen LogP) is 5.64. The number of fused-ring (bicyclic) bond motifs is 1. The van der Waals surface area contributed by atoms with Gasteiger partial charge in [0.05, 0.1) is 13.7 Å². The van der Waals surface area contributed by atoms with Crippen LogP contribution in [0.25, 0.3) is 0 Å². The molecule has 2 heterocycles. The highest BCUT2D eigenvalue weighted by Crippen LogP contribution is 2.47.